The van der Waals surface area contributed by atoms with Crippen LogP contribution < -0.4 is 0 Å². The van der Waals surface area contributed by atoms with Crippen LogP contribution in [0.25, 0.3) is 0 Å². The molecule has 7 heteroatoms. The normalized spacial score (nSPS) is 14.4. The SMILES string of the molecule is Cc1noc(C)c1S(=O)(=O)N(C)C(C)CO. The van der Waals surface area contributed by atoms with Gasteiger partial charge in [0.15, 0.2) is 5.76 Å². The molecule has 1 atom stereocenters. The molecular weight excluding hydrogens is 232 g/mol. The lowest BCUT2D eigenvalue weighted by Crippen LogP contribution is -2.37. The summed E-state index contributed by atoms with van der Waals surface area (Å²) in [5.74, 6) is 0.259. The molecule has 0 spiro atoms. The molecule has 0 saturated carbocycles. The topological polar surface area (TPSA) is 83.6 Å². The smallest absolute Gasteiger partial charge is 0.248 e. The summed E-state index contributed by atoms with van der Waals surface area (Å²) in [6.07, 6.45) is 0. The maximum Gasteiger partial charge on any atom is 0.248 e. The number of hydrogen-bond acceptors (Lipinski definition) is 5. The lowest BCUT2D eigenvalue weighted by atomic mass is 10.4. The van der Waals surface area contributed by atoms with Crippen molar-refractivity contribution in [1.82, 2.24) is 9.46 Å². The van der Waals surface area contributed by atoms with Crippen molar-refractivity contribution in [2.45, 2.75) is 31.7 Å². The Kier molecular flexibility index (Phi) is 3.72. The first-order chi connectivity index (χ1) is 7.32. The van der Waals surface area contributed by atoms with Gasteiger partial charge in [0, 0.05) is 13.1 Å². The second kappa shape index (κ2) is 4.52. The Morgan fingerprint density at radius 2 is 2.06 bits per heavy atom. The van der Waals surface area contributed by atoms with E-state index in [0.29, 0.717) is 5.69 Å². The third kappa shape index (κ3) is 2.11. The van der Waals surface area contributed by atoms with Gasteiger partial charge in [0.2, 0.25) is 10.0 Å². The average molecular weight is 248 g/mol. The summed E-state index contributed by atoms with van der Waals surface area (Å²) in [4.78, 5) is 0.0790. The van der Waals surface area contributed by atoms with Gasteiger partial charge in [0.05, 0.1) is 6.61 Å². The summed E-state index contributed by atoms with van der Waals surface area (Å²) in [7, 11) is -2.23. The summed E-state index contributed by atoms with van der Waals surface area (Å²) in [5.41, 5.74) is 0.328. The maximum absolute atomic E-state index is 12.2. The third-order valence-corrected chi connectivity index (χ3v) is 4.71. The fourth-order valence-electron chi connectivity index (χ4n) is 1.34. The molecule has 0 saturated heterocycles. The molecule has 1 heterocycles. The van der Waals surface area contributed by atoms with Gasteiger partial charge in [-0.25, -0.2) is 8.42 Å². The summed E-state index contributed by atoms with van der Waals surface area (Å²) >= 11 is 0. The molecule has 6 nitrogen and oxygen atoms in total. The fourth-order valence-corrected chi connectivity index (χ4v) is 2.98. The highest BCUT2D eigenvalue weighted by Gasteiger charge is 2.30. The van der Waals surface area contributed by atoms with E-state index in [1.54, 1.807) is 20.8 Å². The number of aliphatic hydroxyl groups is 1. The van der Waals surface area contributed by atoms with E-state index in [1.165, 1.54) is 7.05 Å². The van der Waals surface area contributed by atoms with Crippen molar-refractivity contribution in [2.75, 3.05) is 13.7 Å². The van der Waals surface area contributed by atoms with E-state index in [0.717, 1.165) is 4.31 Å². The van der Waals surface area contributed by atoms with Gasteiger partial charge < -0.3 is 9.63 Å². The molecule has 1 unspecified atom stereocenters. The monoisotopic (exact) mass is 248 g/mol. The van der Waals surface area contributed by atoms with E-state index in [1.807, 2.05) is 0 Å². The van der Waals surface area contributed by atoms with E-state index < -0.39 is 16.1 Å². The van der Waals surface area contributed by atoms with E-state index in [9.17, 15) is 8.42 Å². The Morgan fingerprint density at radius 1 is 1.50 bits per heavy atom. The molecule has 92 valence electrons. The van der Waals surface area contributed by atoms with E-state index in [-0.39, 0.29) is 17.3 Å². The van der Waals surface area contributed by atoms with Crippen molar-refractivity contribution < 1.29 is 18.0 Å². The number of nitrogens with zero attached hydrogens (tertiary/aromatic N) is 2. The van der Waals surface area contributed by atoms with Gasteiger partial charge in [0.25, 0.3) is 0 Å². The molecule has 0 radical (unpaired) electrons. The zero-order valence-corrected chi connectivity index (χ0v) is 10.6. The molecule has 0 aliphatic rings. The highest BCUT2D eigenvalue weighted by atomic mass is 32.2. The van der Waals surface area contributed by atoms with Crippen molar-refractivity contribution in [3.63, 3.8) is 0 Å². The highest BCUT2D eigenvalue weighted by molar-refractivity contribution is 7.89. The Balaban J connectivity index is 3.22. The van der Waals surface area contributed by atoms with Gasteiger partial charge in [-0.2, -0.15) is 4.31 Å². The van der Waals surface area contributed by atoms with Crippen LogP contribution in [0.5, 0.6) is 0 Å². The first-order valence-electron chi connectivity index (χ1n) is 4.84. The zero-order valence-electron chi connectivity index (χ0n) is 9.76. The molecular formula is C9H16N2O4S. The molecule has 0 fully saturated rings. The molecule has 16 heavy (non-hydrogen) atoms. The molecule has 1 aromatic rings. The van der Waals surface area contributed by atoms with Crippen LogP contribution >= 0.6 is 0 Å². The molecule has 1 N–H and O–H groups in total. The second-order valence-corrected chi connectivity index (χ2v) is 5.64. The molecule has 0 aliphatic carbocycles. The fraction of sp³-hybridized carbons (Fsp3) is 0.667. The van der Waals surface area contributed by atoms with Gasteiger partial charge >= 0.3 is 0 Å². The summed E-state index contributed by atoms with van der Waals surface area (Å²) in [6, 6.07) is -0.487. The van der Waals surface area contributed by atoms with E-state index in [2.05, 4.69) is 5.16 Å². The molecule has 0 aliphatic heterocycles. The van der Waals surface area contributed by atoms with Crippen molar-refractivity contribution in [3.05, 3.63) is 11.5 Å². The Hall–Kier alpha value is -0.920. The minimum absolute atomic E-state index is 0.0790. The number of aryl methyl sites for hydroxylation is 2. The minimum Gasteiger partial charge on any atom is -0.395 e. The molecule has 1 aromatic heterocycles. The third-order valence-electron chi connectivity index (χ3n) is 2.49. The summed E-state index contributed by atoms with van der Waals surface area (Å²) < 4.78 is 30.2. The summed E-state index contributed by atoms with van der Waals surface area (Å²) in [5, 5.41) is 12.6. The lowest BCUT2D eigenvalue weighted by Gasteiger charge is -2.22. The maximum atomic E-state index is 12.2. The van der Waals surface area contributed by atoms with Crippen molar-refractivity contribution in [3.8, 4) is 0 Å². The van der Waals surface area contributed by atoms with Gasteiger partial charge in [-0.1, -0.05) is 5.16 Å². The predicted molar refractivity (Wildman–Crippen MR) is 57.5 cm³/mol. The number of rotatable bonds is 4. The molecule has 0 amide bonds. The second-order valence-electron chi connectivity index (χ2n) is 3.71. The molecule has 0 bridgehead atoms. The van der Waals surface area contributed by atoms with Crippen LogP contribution in [0.4, 0.5) is 0 Å². The molecule has 0 aromatic carbocycles. The number of likely N-dealkylation sites (N-methyl/N-ethyl adjacent to an activating group) is 1. The van der Waals surface area contributed by atoms with Crippen molar-refractivity contribution in [1.29, 1.82) is 0 Å². The number of sulfonamides is 1. The van der Waals surface area contributed by atoms with Gasteiger partial charge in [-0.05, 0) is 20.8 Å². The number of aliphatic hydroxyl groups excluding tert-OH is 1. The first kappa shape index (κ1) is 13.1. The average Bonchev–Trinajstić information content (AvgIpc) is 2.56. The largest absolute Gasteiger partial charge is 0.395 e. The Morgan fingerprint density at radius 3 is 2.44 bits per heavy atom. The van der Waals surface area contributed by atoms with E-state index in [4.69, 9.17) is 9.63 Å². The van der Waals surface area contributed by atoms with Crippen LogP contribution in [-0.2, 0) is 10.0 Å². The Bertz CT molecular complexity index is 446. The van der Waals surface area contributed by atoms with Crippen molar-refractivity contribution in [2.24, 2.45) is 0 Å². The molecule has 1 rings (SSSR count). The standard InChI is InChI=1S/C9H16N2O4S/c1-6(5-12)11(4)16(13,14)9-7(2)10-15-8(9)3/h6,12H,5H2,1-4H3. The van der Waals surface area contributed by atoms with Gasteiger partial charge in [0.1, 0.15) is 10.6 Å². The number of hydrogen-bond donors (Lipinski definition) is 1. The lowest BCUT2D eigenvalue weighted by molar-refractivity contribution is 0.213. The van der Waals surface area contributed by atoms with Crippen LogP contribution in [0.3, 0.4) is 0 Å². The number of aromatic nitrogens is 1. The Labute approximate surface area is 94.9 Å². The van der Waals surface area contributed by atoms with E-state index >= 15 is 0 Å². The quantitative estimate of drug-likeness (QED) is 0.828. The summed E-state index contributed by atoms with van der Waals surface area (Å²) in [6.45, 7) is 4.50. The highest BCUT2D eigenvalue weighted by Crippen LogP contribution is 2.23. The van der Waals surface area contributed by atoms with Crippen molar-refractivity contribution >= 4 is 10.0 Å². The van der Waals surface area contributed by atoms with Crippen LogP contribution in [0.2, 0.25) is 0 Å². The van der Waals surface area contributed by atoms with Crippen LogP contribution in [0.15, 0.2) is 9.42 Å². The van der Waals surface area contributed by atoms with Gasteiger partial charge in [-0.3, -0.25) is 0 Å². The van der Waals surface area contributed by atoms with Crippen LogP contribution in [0.1, 0.15) is 18.4 Å². The minimum atomic E-state index is -3.65. The predicted octanol–water partition coefficient (Wildman–Crippen LogP) is 0.293. The first-order valence-corrected chi connectivity index (χ1v) is 6.28. The van der Waals surface area contributed by atoms with Crippen LogP contribution in [-0.4, -0.2) is 42.7 Å². The van der Waals surface area contributed by atoms with Crippen LogP contribution in [0, 0.1) is 13.8 Å². The van der Waals surface area contributed by atoms with Gasteiger partial charge in [-0.15, -0.1) is 0 Å². The zero-order chi connectivity index (χ0) is 12.5.